The fourth-order valence-corrected chi connectivity index (χ4v) is 2.68. The monoisotopic (exact) mass is 500 g/mol. The van der Waals surface area contributed by atoms with Gasteiger partial charge in [0.1, 0.15) is 12.3 Å². The van der Waals surface area contributed by atoms with Crippen molar-refractivity contribution in [2.75, 3.05) is 20.2 Å². The lowest BCUT2D eigenvalue weighted by molar-refractivity contribution is 0.376. The van der Waals surface area contributed by atoms with Gasteiger partial charge in [-0.2, -0.15) is 0 Å². The Hall–Kier alpha value is -1.77. The Kier molecular flexibility index (Phi) is 11.0. The van der Waals surface area contributed by atoms with Crippen molar-refractivity contribution in [3.05, 3.63) is 47.3 Å². The summed E-state index contributed by atoms with van der Waals surface area (Å²) in [5, 5.41) is 10.7. The summed E-state index contributed by atoms with van der Waals surface area (Å²) in [7, 11) is 1.69. The van der Waals surface area contributed by atoms with Crippen LogP contribution in [0.1, 0.15) is 63.0 Å². The van der Waals surface area contributed by atoms with E-state index in [1.165, 1.54) is 5.56 Å². The van der Waals surface area contributed by atoms with Crippen molar-refractivity contribution in [2.24, 2.45) is 4.99 Å². The molecule has 0 radical (unpaired) electrons. The number of ether oxygens (including phenoxy) is 1. The van der Waals surface area contributed by atoms with E-state index in [0.29, 0.717) is 18.4 Å². The number of nitrogens with zero attached hydrogens (tertiary/aromatic N) is 2. The first-order chi connectivity index (χ1) is 13.0. The molecule has 2 N–H and O–H groups in total. The van der Waals surface area contributed by atoms with Crippen LogP contribution in [0.25, 0.3) is 0 Å². The van der Waals surface area contributed by atoms with Gasteiger partial charge in [-0.15, -0.1) is 24.0 Å². The lowest BCUT2D eigenvalue weighted by Crippen LogP contribution is -2.38. The van der Waals surface area contributed by atoms with Crippen molar-refractivity contribution in [2.45, 2.75) is 52.5 Å². The Morgan fingerprint density at radius 3 is 2.46 bits per heavy atom. The Balaban J connectivity index is 0.00000392. The zero-order valence-electron chi connectivity index (χ0n) is 17.5. The van der Waals surface area contributed by atoms with E-state index in [1.54, 1.807) is 7.11 Å². The molecule has 2 aromatic rings. The minimum atomic E-state index is 0. The molecule has 6 nitrogen and oxygen atoms in total. The van der Waals surface area contributed by atoms with Crippen molar-refractivity contribution < 1.29 is 9.26 Å². The first-order valence-electron chi connectivity index (χ1n) is 9.65. The minimum absolute atomic E-state index is 0. The van der Waals surface area contributed by atoms with E-state index < -0.39 is 0 Å². The largest absolute Gasteiger partial charge is 0.497 e. The zero-order chi connectivity index (χ0) is 19.6. The summed E-state index contributed by atoms with van der Waals surface area (Å²) in [5.74, 6) is 3.27. The van der Waals surface area contributed by atoms with Crippen LogP contribution in [0.15, 0.2) is 39.8 Å². The molecule has 0 fully saturated rings. The van der Waals surface area contributed by atoms with Crippen molar-refractivity contribution in [1.29, 1.82) is 0 Å². The fraction of sp³-hybridized carbons (Fsp3) is 0.524. The van der Waals surface area contributed by atoms with Crippen LogP contribution in [0.3, 0.4) is 0 Å². The van der Waals surface area contributed by atoms with Crippen LogP contribution in [-0.4, -0.2) is 31.3 Å². The molecule has 0 bridgehead atoms. The molecule has 0 aliphatic heterocycles. The van der Waals surface area contributed by atoms with E-state index in [-0.39, 0.29) is 24.0 Å². The zero-order valence-corrected chi connectivity index (χ0v) is 19.8. The van der Waals surface area contributed by atoms with E-state index in [2.05, 4.69) is 60.6 Å². The van der Waals surface area contributed by atoms with Gasteiger partial charge in [0.25, 0.3) is 0 Å². The van der Waals surface area contributed by atoms with Crippen molar-refractivity contribution >= 4 is 29.9 Å². The summed E-state index contributed by atoms with van der Waals surface area (Å²) in [4.78, 5) is 4.59. The first-order valence-corrected chi connectivity index (χ1v) is 9.65. The third-order valence-electron chi connectivity index (χ3n) is 4.46. The Labute approximate surface area is 185 Å². The van der Waals surface area contributed by atoms with Crippen LogP contribution in [0.5, 0.6) is 5.75 Å². The highest BCUT2D eigenvalue weighted by Gasteiger charge is 2.09. The molecule has 1 unspecified atom stereocenters. The number of rotatable bonds is 9. The molecule has 2 rings (SSSR count). The molecule has 156 valence electrons. The first kappa shape index (κ1) is 24.3. The van der Waals surface area contributed by atoms with Crippen LogP contribution in [0.2, 0.25) is 0 Å². The van der Waals surface area contributed by atoms with E-state index in [1.807, 2.05) is 18.2 Å². The molecule has 0 aliphatic rings. The third kappa shape index (κ3) is 7.69. The molecule has 0 saturated heterocycles. The van der Waals surface area contributed by atoms with Gasteiger partial charge >= 0.3 is 0 Å². The number of aliphatic imine (C=N–C) groups is 1. The van der Waals surface area contributed by atoms with Gasteiger partial charge in [0.05, 0.1) is 12.8 Å². The van der Waals surface area contributed by atoms with Gasteiger partial charge in [-0.1, -0.05) is 38.1 Å². The van der Waals surface area contributed by atoms with Gasteiger partial charge in [0, 0.05) is 19.2 Å². The third-order valence-corrected chi connectivity index (χ3v) is 4.46. The average molecular weight is 500 g/mol. The maximum atomic E-state index is 5.35. The van der Waals surface area contributed by atoms with Gasteiger partial charge < -0.3 is 19.9 Å². The second-order valence-electron chi connectivity index (χ2n) is 6.96. The van der Waals surface area contributed by atoms with Crippen molar-refractivity contribution in [1.82, 2.24) is 15.8 Å². The molecular weight excluding hydrogens is 467 g/mol. The van der Waals surface area contributed by atoms with Crippen LogP contribution < -0.4 is 15.4 Å². The van der Waals surface area contributed by atoms with E-state index in [4.69, 9.17) is 9.26 Å². The molecule has 0 spiro atoms. The summed E-state index contributed by atoms with van der Waals surface area (Å²) in [6.07, 6.45) is 1.01. The maximum absolute atomic E-state index is 5.35. The van der Waals surface area contributed by atoms with Crippen LogP contribution in [0, 0.1) is 0 Å². The van der Waals surface area contributed by atoms with Crippen LogP contribution in [-0.2, 0) is 6.54 Å². The minimum Gasteiger partial charge on any atom is -0.497 e. The van der Waals surface area contributed by atoms with Crippen LogP contribution in [0.4, 0.5) is 0 Å². The molecule has 1 atom stereocenters. The number of guanidine groups is 1. The summed E-state index contributed by atoms with van der Waals surface area (Å²) in [6, 6.07) is 10.2. The second kappa shape index (κ2) is 12.6. The van der Waals surface area contributed by atoms with Gasteiger partial charge in [0.2, 0.25) is 0 Å². The van der Waals surface area contributed by atoms with Gasteiger partial charge in [0.15, 0.2) is 11.7 Å². The van der Waals surface area contributed by atoms with Gasteiger partial charge in [-0.3, -0.25) is 0 Å². The van der Waals surface area contributed by atoms with Gasteiger partial charge in [-0.05, 0) is 42.9 Å². The molecule has 0 amide bonds. The number of benzene rings is 1. The highest BCUT2D eigenvalue weighted by atomic mass is 127. The standard InChI is InChI=1S/C21H32N4O2.HI/c1-6-22-21(24-14-19-13-20(15(2)3)25-27-19)23-12-11-16(4)17-7-9-18(26-5)10-8-17;/h7-10,13,15-16H,6,11-12,14H2,1-5H3,(H2,22,23,24);1H. The number of methoxy groups -OCH3 is 1. The molecule has 7 heteroatoms. The highest BCUT2D eigenvalue weighted by Crippen LogP contribution is 2.21. The molecule has 0 aliphatic carbocycles. The van der Waals surface area contributed by atoms with Crippen LogP contribution >= 0.6 is 24.0 Å². The average Bonchev–Trinajstić information content (AvgIpc) is 3.15. The number of halogens is 1. The van der Waals surface area contributed by atoms with Gasteiger partial charge in [-0.25, -0.2) is 4.99 Å². The molecular formula is C21H33IN4O2. The molecule has 1 aromatic carbocycles. The smallest absolute Gasteiger partial charge is 0.191 e. The predicted octanol–water partition coefficient (Wildman–Crippen LogP) is 4.67. The SMILES string of the molecule is CCNC(=NCc1cc(C(C)C)no1)NCCC(C)c1ccc(OC)cc1.I. The lowest BCUT2D eigenvalue weighted by atomic mass is 9.98. The number of nitrogens with one attached hydrogen (secondary N) is 2. The van der Waals surface area contributed by atoms with E-state index >= 15 is 0 Å². The highest BCUT2D eigenvalue weighted by molar-refractivity contribution is 14.0. The fourth-order valence-electron chi connectivity index (χ4n) is 2.68. The second-order valence-corrected chi connectivity index (χ2v) is 6.96. The summed E-state index contributed by atoms with van der Waals surface area (Å²) >= 11 is 0. The summed E-state index contributed by atoms with van der Waals surface area (Å²) in [6.45, 7) is 10.6. The Bertz CT molecular complexity index is 713. The topological polar surface area (TPSA) is 71.7 Å². The Morgan fingerprint density at radius 1 is 1.18 bits per heavy atom. The summed E-state index contributed by atoms with van der Waals surface area (Å²) in [5.41, 5.74) is 2.27. The predicted molar refractivity (Wildman–Crippen MR) is 125 cm³/mol. The molecule has 1 aromatic heterocycles. The molecule has 0 saturated carbocycles. The normalized spacial score (nSPS) is 12.4. The quantitative estimate of drug-likeness (QED) is 0.298. The van der Waals surface area contributed by atoms with E-state index in [9.17, 15) is 0 Å². The summed E-state index contributed by atoms with van der Waals surface area (Å²) < 4.78 is 10.6. The Morgan fingerprint density at radius 2 is 1.89 bits per heavy atom. The lowest BCUT2D eigenvalue weighted by Gasteiger charge is -2.15. The number of hydrogen-bond acceptors (Lipinski definition) is 4. The number of aromatic nitrogens is 1. The van der Waals surface area contributed by atoms with E-state index in [0.717, 1.165) is 42.7 Å². The molecule has 1 heterocycles. The molecule has 28 heavy (non-hydrogen) atoms. The number of hydrogen-bond donors (Lipinski definition) is 2. The van der Waals surface area contributed by atoms with Crippen molar-refractivity contribution in [3.8, 4) is 5.75 Å². The maximum Gasteiger partial charge on any atom is 0.191 e. The van der Waals surface area contributed by atoms with Crippen molar-refractivity contribution in [3.63, 3.8) is 0 Å².